The number of hydrogen-bond acceptors (Lipinski definition) is 4. The maximum atomic E-state index is 8.80. The number of phenols is 1. The molecule has 5 N–H and O–H groups in total. The Kier molecular flexibility index (Phi) is 3.01. The van der Waals surface area contributed by atoms with Crippen molar-refractivity contribution in [1.29, 1.82) is 0 Å². The number of rotatable bonds is 1. The van der Waals surface area contributed by atoms with Gasteiger partial charge in [0.25, 0.3) is 0 Å². The summed E-state index contributed by atoms with van der Waals surface area (Å²) in [5.74, 6) is -0.0378. The van der Waals surface area contributed by atoms with Crippen molar-refractivity contribution < 1.29 is 11.2 Å². The van der Waals surface area contributed by atoms with E-state index in [2.05, 4.69) is 0 Å². The van der Waals surface area contributed by atoms with Gasteiger partial charge in [-0.05, 0) is 24.2 Å². The van der Waals surface area contributed by atoms with Gasteiger partial charge in [-0.15, -0.1) is 0 Å². The summed E-state index contributed by atoms with van der Waals surface area (Å²) >= 11 is 0. The minimum absolute atomic E-state index is 0.0378. The molecule has 13 heavy (non-hydrogen) atoms. The quantitative estimate of drug-likeness (QED) is 0.332. The van der Waals surface area contributed by atoms with Gasteiger partial charge in [-0.3, -0.25) is 0 Å². The topological polar surface area (TPSA) is 84.8 Å². The molecule has 0 radical (unpaired) electrons. The zero-order valence-corrected chi connectivity index (χ0v) is 7.23. The Balaban J connectivity index is 0.000000165. The van der Waals surface area contributed by atoms with E-state index >= 15 is 0 Å². The number of aromatic hydroxyl groups is 1. The lowest BCUT2D eigenvalue weighted by molar-refractivity contribution is 0.412. The van der Waals surface area contributed by atoms with E-state index in [0.29, 0.717) is 18.3 Å². The van der Waals surface area contributed by atoms with E-state index in [1.165, 1.54) is 12.1 Å². The highest BCUT2D eigenvalue weighted by atomic mass is 16.6. The lowest BCUT2D eigenvalue weighted by Crippen LogP contribution is -2.05. The van der Waals surface area contributed by atoms with Crippen molar-refractivity contribution >= 4 is 5.69 Å². The normalized spacial score (nSPS) is 19.8. The van der Waals surface area contributed by atoms with Crippen molar-refractivity contribution in [2.24, 2.45) is 5.73 Å². The molecule has 1 fully saturated rings. The Morgan fingerprint density at radius 3 is 2.62 bits per heavy atom. The Hall–Kier alpha value is -1.26. The van der Waals surface area contributed by atoms with E-state index in [0.717, 1.165) is 6.61 Å². The van der Waals surface area contributed by atoms with E-state index in [4.69, 9.17) is 22.7 Å². The number of nitrogens with two attached hydrogens (primary N) is 2. The highest BCUT2D eigenvalue weighted by molar-refractivity contribution is 5.40. The smallest absolute Gasteiger partial charge is 0.115 e. The first kappa shape index (κ1) is 8.34. The van der Waals surface area contributed by atoms with Gasteiger partial charge >= 0.3 is 0 Å². The lowest BCUT2D eigenvalue weighted by Gasteiger charge is -1.89. The third kappa shape index (κ3) is 4.35. The number of anilines is 1. The summed E-state index contributed by atoms with van der Waals surface area (Å²) in [4.78, 5) is 0. The van der Waals surface area contributed by atoms with Crippen LogP contribution in [-0.2, 0) is 4.74 Å². The second kappa shape index (κ2) is 4.69. The fraction of sp³-hybridized carbons (Fsp3) is 0.333. The molecule has 4 heteroatoms. The molecular formula is C9H14N2O2. The first-order valence-electron chi connectivity index (χ1n) is 4.50. The molecule has 0 amide bonds. The maximum Gasteiger partial charge on any atom is 0.115 e. The Morgan fingerprint density at radius 1 is 1.62 bits per heavy atom. The van der Waals surface area contributed by atoms with Crippen LogP contribution in [0.1, 0.15) is 1.37 Å². The van der Waals surface area contributed by atoms with E-state index in [-0.39, 0.29) is 11.8 Å². The summed E-state index contributed by atoms with van der Waals surface area (Å²) in [6, 6.07) is 4.41. The molecule has 1 aliphatic heterocycles. The van der Waals surface area contributed by atoms with Crippen LogP contribution in [0.2, 0.25) is 0 Å². The Labute approximate surface area is 78.5 Å². The molecule has 1 saturated heterocycles. The molecule has 0 bridgehead atoms. The first-order chi connectivity index (χ1) is 6.63. The van der Waals surface area contributed by atoms with Gasteiger partial charge in [-0.25, -0.2) is 0 Å². The molecule has 1 aliphatic rings. The highest BCUT2D eigenvalue weighted by Crippen LogP contribution is 2.09. The Bertz CT molecular complexity index is 303. The van der Waals surface area contributed by atoms with Gasteiger partial charge < -0.3 is 21.3 Å². The van der Waals surface area contributed by atoms with Gasteiger partial charge in [-0.1, -0.05) is 0 Å². The molecule has 1 aromatic carbocycles. The zero-order valence-electron chi connectivity index (χ0n) is 8.23. The number of phenolic OH excluding ortho intramolecular Hbond substituents is 1. The zero-order chi connectivity index (χ0) is 10.6. The summed E-state index contributed by atoms with van der Waals surface area (Å²) in [6.45, 7) is 1.58. The molecule has 0 saturated carbocycles. The number of hydrogen-bond donors (Lipinski definition) is 3. The number of nitrogen functional groups attached to an aromatic ring is 1. The van der Waals surface area contributed by atoms with Gasteiger partial charge in [0.2, 0.25) is 0 Å². The van der Waals surface area contributed by atoms with Crippen LogP contribution in [0.3, 0.4) is 0 Å². The van der Waals surface area contributed by atoms with E-state index < -0.39 is 0 Å². The number of ether oxygens (including phenoxy) is 1. The number of benzene rings is 1. The van der Waals surface area contributed by atoms with Gasteiger partial charge in [0.1, 0.15) is 5.75 Å². The largest absolute Gasteiger partial charge is 0.508 e. The molecule has 0 spiro atoms. The molecule has 2 rings (SSSR count). The third-order valence-electron chi connectivity index (χ3n) is 1.49. The lowest BCUT2D eigenvalue weighted by atomic mass is 10.3. The van der Waals surface area contributed by atoms with E-state index in [9.17, 15) is 0 Å². The van der Waals surface area contributed by atoms with Crippen LogP contribution in [0.15, 0.2) is 24.2 Å². The van der Waals surface area contributed by atoms with Crippen LogP contribution in [0.4, 0.5) is 5.69 Å². The molecule has 0 aromatic heterocycles. The summed E-state index contributed by atoms with van der Waals surface area (Å²) in [5.41, 5.74) is 10.9. The average molecular weight is 183 g/mol. The van der Waals surface area contributed by atoms with Gasteiger partial charge in [-0.2, -0.15) is 0 Å². The standard InChI is InChI=1S/C6H7NO.C3H7NO/c7-5-1-3-6(8)4-2-5;4-1-3-2-5-3/h1-4,8H,7H2;3H,1-2,4H2/i3D;. The fourth-order valence-corrected chi connectivity index (χ4v) is 0.633. The summed E-state index contributed by atoms with van der Waals surface area (Å²) in [7, 11) is 0. The predicted molar refractivity (Wildman–Crippen MR) is 51.3 cm³/mol. The van der Waals surface area contributed by atoms with Crippen LogP contribution in [0.25, 0.3) is 0 Å². The van der Waals surface area contributed by atoms with Crippen molar-refractivity contribution in [2.45, 2.75) is 6.10 Å². The van der Waals surface area contributed by atoms with Crippen LogP contribution in [-0.4, -0.2) is 24.4 Å². The van der Waals surface area contributed by atoms with Crippen LogP contribution >= 0.6 is 0 Å². The maximum absolute atomic E-state index is 8.80. The summed E-state index contributed by atoms with van der Waals surface area (Å²) in [6.07, 6.45) is 0.412. The second-order valence-corrected chi connectivity index (χ2v) is 2.70. The van der Waals surface area contributed by atoms with Crippen molar-refractivity contribution in [3.05, 3.63) is 24.2 Å². The molecule has 1 atom stereocenters. The predicted octanol–water partition coefficient (Wildman–Crippen LogP) is 0.318. The monoisotopic (exact) mass is 183 g/mol. The minimum atomic E-state index is -0.0378. The molecule has 0 aliphatic carbocycles. The Morgan fingerprint density at radius 2 is 2.31 bits per heavy atom. The van der Waals surface area contributed by atoms with E-state index in [1.54, 1.807) is 6.07 Å². The van der Waals surface area contributed by atoms with E-state index in [1.807, 2.05) is 0 Å². The van der Waals surface area contributed by atoms with Crippen molar-refractivity contribution in [1.82, 2.24) is 0 Å². The molecule has 1 unspecified atom stereocenters. The molecule has 1 heterocycles. The third-order valence-corrected chi connectivity index (χ3v) is 1.49. The fourth-order valence-electron chi connectivity index (χ4n) is 0.633. The van der Waals surface area contributed by atoms with Crippen LogP contribution in [0, 0.1) is 0 Å². The van der Waals surface area contributed by atoms with Gasteiger partial charge in [0, 0.05) is 12.2 Å². The second-order valence-electron chi connectivity index (χ2n) is 2.70. The highest BCUT2D eigenvalue weighted by Gasteiger charge is 2.18. The molecule has 1 aromatic rings. The van der Waals surface area contributed by atoms with Gasteiger partial charge in [0.05, 0.1) is 14.1 Å². The van der Waals surface area contributed by atoms with Crippen molar-refractivity contribution in [3.8, 4) is 5.75 Å². The van der Waals surface area contributed by atoms with Gasteiger partial charge in [0.15, 0.2) is 0 Å². The molecular weight excluding hydrogens is 168 g/mol. The summed E-state index contributed by atoms with van der Waals surface area (Å²) < 4.78 is 11.8. The van der Waals surface area contributed by atoms with Crippen molar-refractivity contribution in [2.75, 3.05) is 18.9 Å². The average Bonchev–Trinajstić information content (AvgIpc) is 2.96. The molecule has 72 valence electrons. The number of epoxide rings is 1. The first-order valence-corrected chi connectivity index (χ1v) is 4.00. The molecule has 4 nitrogen and oxygen atoms in total. The van der Waals surface area contributed by atoms with Crippen LogP contribution in [0.5, 0.6) is 5.75 Å². The van der Waals surface area contributed by atoms with Crippen LogP contribution < -0.4 is 11.5 Å². The minimum Gasteiger partial charge on any atom is -0.508 e. The SMILES string of the molecule is NCC1CO1.[2H]c1cc(N)ccc1O. The summed E-state index contributed by atoms with van der Waals surface area (Å²) in [5, 5.41) is 8.80. The van der Waals surface area contributed by atoms with Crippen molar-refractivity contribution in [3.63, 3.8) is 0 Å².